The van der Waals surface area contributed by atoms with Crippen molar-refractivity contribution in [3.63, 3.8) is 0 Å². The Bertz CT molecular complexity index is 754. The third kappa shape index (κ3) is 3.64. The number of nitrogens with one attached hydrogen (secondary N) is 1. The molecule has 2 aromatic carbocycles. The number of para-hydroxylation sites is 1. The van der Waals surface area contributed by atoms with Gasteiger partial charge in [-0.15, -0.1) is 0 Å². The van der Waals surface area contributed by atoms with E-state index in [2.05, 4.69) is 17.4 Å². The first-order valence-corrected chi connectivity index (χ1v) is 7.30. The molecule has 0 unspecified atom stereocenters. The van der Waals surface area contributed by atoms with Crippen molar-refractivity contribution >= 4 is 23.0 Å². The lowest BCUT2D eigenvalue weighted by Crippen LogP contribution is -2.23. The van der Waals surface area contributed by atoms with E-state index < -0.39 is 0 Å². The molecule has 1 heterocycles. The Hall–Kier alpha value is -2.81. The zero-order valence-corrected chi connectivity index (χ0v) is 12.2. The largest absolute Gasteiger partial charge is 0.457 e. The quantitative estimate of drug-likeness (QED) is 0.726. The first kappa shape index (κ1) is 14.1. The number of hydrogen-bond acceptors (Lipinski definition) is 2. The van der Waals surface area contributed by atoms with E-state index in [0.717, 1.165) is 17.4 Å². The average molecular weight is 291 g/mol. The minimum absolute atomic E-state index is 0.114. The Balaban J connectivity index is 1.52. The van der Waals surface area contributed by atoms with Crippen LogP contribution in [0, 0.1) is 0 Å². The second-order valence-electron chi connectivity index (χ2n) is 5.05. The first-order valence-electron chi connectivity index (χ1n) is 7.30. The predicted molar refractivity (Wildman–Crippen MR) is 88.4 cm³/mol. The maximum Gasteiger partial charge on any atom is 0.244 e. The third-order valence-corrected chi connectivity index (χ3v) is 3.40. The van der Waals surface area contributed by atoms with Crippen LogP contribution in [-0.2, 0) is 11.2 Å². The third-order valence-electron chi connectivity index (χ3n) is 3.40. The molecule has 0 bridgehead atoms. The molecule has 3 nitrogen and oxygen atoms in total. The molecule has 0 aliphatic rings. The summed E-state index contributed by atoms with van der Waals surface area (Å²) in [7, 11) is 0. The molecule has 0 aliphatic carbocycles. The van der Waals surface area contributed by atoms with Crippen molar-refractivity contribution in [3.8, 4) is 0 Å². The van der Waals surface area contributed by atoms with Gasteiger partial charge >= 0.3 is 0 Å². The maximum absolute atomic E-state index is 11.8. The van der Waals surface area contributed by atoms with Crippen LogP contribution < -0.4 is 5.32 Å². The normalized spacial score (nSPS) is 11.1. The van der Waals surface area contributed by atoms with E-state index in [9.17, 15) is 4.79 Å². The number of amides is 1. The van der Waals surface area contributed by atoms with E-state index in [4.69, 9.17) is 4.42 Å². The fourth-order valence-corrected chi connectivity index (χ4v) is 2.28. The fourth-order valence-electron chi connectivity index (χ4n) is 2.28. The molecular formula is C19H17NO2. The number of hydrogen-bond donors (Lipinski definition) is 1. The molecule has 0 radical (unpaired) electrons. The SMILES string of the molecule is O=C(/C=C/c1cc2ccccc2o1)NCCc1ccccc1. The van der Waals surface area contributed by atoms with Gasteiger partial charge in [-0.05, 0) is 30.2 Å². The summed E-state index contributed by atoms with van der Waals surface area (Å²) in [5.74, 6) is 0.566. The molecule has 1 amide bonds. The minimum Gasteiger partial charge on any atom is -0.457 e. The Kier molecular flexibility index (Phi) is 4.35. The highest BCUT2D eigenvalue weighted by atomic mass is 16.3. The van der Waals surface area contributed by atoms with Crippen molar-refractivity contribution < 1.29 is 9.21 Å². The van der Waals surface area contributed by atoms with Gasteiger partial charge in [0.1, 0.15) is 11.3 Å². The summed E-state index contributed by atoms with van der Waals surface area (Å²) in [6, 6.07) is 19.8. The van der Waals surface area contributed by atoms with Gasteiger partial charge in [-0.2, -0.15) is 0 Å². The van der Waals surface area contributed by atoms with Gasteiger partial charge in [0.15, 0.2) is 0 Å². The molecule has 3 aromatic rings. The van der Waals surface area contributed by atoms with E-state index in [1.807, 2.05) is 48.5 Å². The number of carbonyl (C=O) groups excluding carboxylic acids is 1. The van der Waals surface area contributed by atoms with Crippen LogP contribution in [0.15, 0.2) is 71.2 Å². The van der Waals surface area contributed by atoms with Crippen molar-refractivity contribution in [2.45, 2.75) is 6.42 Å². The van der Waals surface area contributed by atoms with Crippen LogP contribution in [0.4, 0.5) is 0 Å². The molecule has 3 rings (SSSR count). The van der Waals surface area contributed by atoms with E-state index in [1.54, 1.807) is 6.08 Å². The van der Waals surface area contributed by atoms with Crippen molar-refractivity contribution in [1.82, 2.24) is 5.32 Å². The predicted octanol–water partition coefficient (Wildman–Crippen LogP) is 3.80. The molecule has 110 valence electrons. The smallest absolute Gasteiger partial charge is 0.244 e. The molecule has 1 aromatic heterocycles. The molecule has 0 atom stereocenters. The zero-order chi connectivity index (χ0) is 15.2. The molecule has 3 heteroatoms. The zero-order valence-electron chi connectivity index (χ0n) is 12.2. The molecule has 0 aliphatic heterocycles. The highest BCUT2D eigenvalue weighted by molar-refractivity contribution is 5.92. The molecule has 22 heavy (non-hydrogen) atoms. The number of benzene rings is 2. The van der Waals surface area contributed by atoms with E-state index >= 15 is 0 Å². The Morgan fingerprint density at radius 2 is 1.82 bits per heavy atom. The maximum atomic E-state index is 11.8. The lowest BCUT2D eigenvalue weighted by Gasteiger charge is -2.02. The van der Waals surface area contributed by atoms with Gasteiger partial charge in [-0.3, -0.25) is 4.79 Å². The van der Waals surface area contributed by atoms with Crippen molar-refractivity contribution in [2.24, 2.45) is 0 Å². The van der Waals surface area contributed by atoms with Gasteiger partial charge < -0.3 is 9.73 Å². The van der Waals surface area contributed by atoms with Crippen molar-refractivity contribution in [3.05, 3.63) is 78.1 Å². The molecule has 0 fully saturated rings. The minimum atomic E-state index is -0.114. The van der Waals surface area contributed by atoms with Gasteiger partial charge in [0.25, 0.3) is 0 Å². The Morgan fingerprint density at radius 1 is 1.05 bits per heavy atom. The average Bonchev–Trinajstić information content (AvgIpc) is 2.97. The standard InChI is InChI=1S/C19H17NO2/c21-19(20-13-12-15-6-2-1-3-7-15)11-10-17-14-16-8-4-5-9-18(16)22-17/h1-11,14H,12-13H2,(H,20,21)/b11-10+. The highest BCUT2D eigenvalue weighted by Gasteiger charge is 2.01. The lowest BCUT2D eigenvalue weighted by molar-refractivity contribution is -0.116. The summed E-state index contributed by atoms with van der Waals surface area (Å²) < 4.78 is 5.63. The number of furan rings is 1. The van der Waals surface area contributed by atoms with Gasteiger partial charge in [0.2, 0.25) is 5.91 Å². The summed E-state index contributed by atoms with van der Waals surface area (Å²) in [5.41, 5.74) is 2.04. The number of carbonyl (C=O) groups is 1. The summed E-state index contributed by atoms with van der Waals surface area (Å²) >= 11 is 0. The summed E-state index contributed by atoms with van der Waals surface area (Å²) in [4.78, 5) is 11.8. The molecule has 0 saturated heterocycles. The van der Waals surface area contributed by atoms with Gasteiger partial charge in [-0.25, -0.2) is 0 Å². The van der Waals surface area contributed by atoms with E-state index in [1.165, 1.54) is 11.6 Å². The van der Waals surface area contributed by atoms with Crippen LogP contribution in [0.5, 0.6) is 0 Å². The molecular weight excluding hydrogens is 274 g/mol. The second kappa shape index (κ2) is 6.76. The Labute approximate surface area is 129 Å². The van der Waals surface area contributed by atoms with Crippen LogP contribution in [0.3, 0.4) is 0 Å². The number of rotatable bonds is 5. The van der Waals surface area contributed by atoms with Gasteiger partial charge in [0.05, 0.1) is 0 Å². The van der Waals surface area contributed by atoms with Crippen LogP contribution in [0.1, 0.15) is 11.3 Å². The van der Waals surface area contributed by atoms with Crippen LogP contribution in [0.25, 0.3) is 17.0 Å². The van der Waals surface area contributed by atoms with Gasteiger partial charge in [-0.1, -0.05) is 48.5 Å². The molecule has 0 saturated carbocycles. The van der Waals surface area contributed by atoms with E-state index in [0.29, 0.717) is 12.3 Å². The summed E-state index contributed by atoms with van der Waals surface area (Å²) in [5, 5.41) is 3.90. The second-order valence-corrected chi connectivity index (χ2v) is 5.05. The highest BCUT2D eigenvalue weighted by Crippen LogP contribution is 2.19. The number of fused-ring (bicyclic) bond motifs is 1. The fraction of sp³-hybridized carbons (Fsp3) is 0.105. The van der Waals surface area contributed by atoms with Crippen LogP contribution in [0.2, 0.25) is 0 Å². The van der Waals surface area contributed by atoms with Crippen LogP contribution in [-0.4, -0.2) is 12.5 Å². The summed E-state index contributed by atoms with van der Waals surface area (Å²) in [6.45, 7) is 0.618. The van der Waals surface area contributed by atoms with E-state index in [-0.39, 0.29) is 5.91 Å². The Morgan fingerprint density at radius 3 is 2.64 bits per heavy atom. The lowest BCUT2D eigenvalue weighted by atomic mass is 10.1. The van der Waals surface area contributed by atoms with Gasteiger partial charge in [0, 0.05) is 18.0 Å². The molecule has 1 N–H and O–H groups in total. The van der Waals surface area contributed by atoms with Crippen molar-refractivity contribution in [1.29, 1.82) is 0 Å². The first-order chi connectivity index (χ1) is 10.8. The molecule has 0 spiro atoms. The van der Waals surface area contributed by atoms with Crippen molar-refractivity contribution in [2.75, 3.05) is 6.54 Å². The van der Waals surface area contributed by atoms with Crippen LogP contribution >= 0.6 is 0 Å². The topological polar surface area (TPSA) is 42.2 Å². The summed E-state index contributed by atoms with van der Waals surface area (Å²) in [6.07, 6.45) is 4.02. The monoisotopic (exact) mass is 291 g/mol.